The van der Waals surface area contributed by atoms with Gasteiger partial charge >= 0.3 is 0 Å². The molecule has 4 aromatic carbocycles. The number of carbonyl (C=O) groups is 1. The van der Waals surface area contributed by atoms with Crippen molar-refractivity contribution in [2.75, 3.05) is 12.8 Å². The molecule has 0 aromatic heterocycles. The van der Waals surface area contributed by atoms with Crippen LogP contribution in [0.3, 0.4) is 0 Å². The molecule has 0 unspecified atom stereocenters. The Balaban J connectivity index is 2.11. The largest absolute Gasteiger partial charge is 0.497 e. The number of sulfone groups is 1. The number of benzene rings is 4. The third-order valence-corrected chi connectivity index (χ3v) is 7.39. The maximum Gasteiger partial charge on any atom is 0.277 e. The van der Waals surface area contributed by atoms with Crippen LogP contribution >= 0.6 is 0 Å². The van der Waals surface area contributed by atoms with Crippen LogP contribution in [-0.4, -0.2) is 26.6 Å². The van der Waals surface area contributed by atoms with Crippen LogP contribution < -0.4 is 16.0 Å². The van der Waals surface area contributed by atoms with Crippen molar-refractivity contribution in [1.82, 2.24) is 5.48 Å². The molecular formula is C25H22N2O5S. The number of nitrogens with one attached hydrogen (secondary N) is 1. The number of nitrogens with two attached hydrogens (primary N) is 1. The van der Waals surface area contributed by atoms with Gasteiger partial charge in [-0.2, -0.15) is 0 Å². The molecule has 33 heavy (non-hydrogen) atoms. The zero-order valence-corrected chi connectivity index (χ0v) is 18.6. The molecule has 0 aliphatic heterocycles. The summed E-state index contributed by atoms with van der Waals surface area (Å²) in [6.45, 7) is 0. The van der Waals surface area contributed by atoms with Crippen LogP contribution in [-0.2, 0) is 16.3 Å². The Morgan fingerprint density at radius 3 is 2.15 bits per heavy atom. The van der Waals surface area contributed by atoms with Crippen molar-refractivity contribution in [3.05, 3.63) is 95.6 Å². The first kappa shape index (κ1) is 22.3. The van der Waals surface area contributed by atoms with Crippen LogP contribution in [0, 0.1) is 0 Å². The highest BCUT2D eigenvalue weighted by molar-refractivity contribution is 7.91. The number of anilines is 1. The summed E-state index contributed by atoms with van der Waals surface area (Å²) in [4.78, 5) is 12.8. The molecule has 0 radical (unpaired) electrons. The molecule has 0 atom stereocenters. The summed E-state index contributed by atoms with van der Waals surface area (Å²) in [5.41, 5.74) is 8.98. The third kappa shape index (κ3) is 4.02. The summed E-state index contributed by atoms with van der Waals surface area (Å²) < 4.78 is 33.1. The Bertz CT molecular complexity index is 1430. The minimum absolute atomic E-state index is 0.0279. The second-order valence-corrected chi connectivity index (χ2v) is 9.31. The normalized spacial score (nSPS) is 11.3. The summed E-state index contributed by atoms with van der Waals surface area (Å²) in [5, 5.41) is 10.2. The molecule has 0 saturated carbocycles. The van der Waals surface area contributed by atoms with Crippen LogP contribution in [0.25, 0.3) is 10.8 Å². The van der Waals surface area contributed by atoms with Gasteiger partial charge in [0.15, 0.2) is 0 Å². The predicted octanol–water partition coefficient (Wildman–Crippen LogP) is 3.97. The molecule has 4 aromatic rings. The molecule has 0 spiro atoms. The fourth-order valence-electron chi connectivity index (χ4n) is 3.95. The van der Waals surface area contributed by atoms with E-state index in [0.717, 1.165) is 5.56 Å². The van der Waals surface area contributed by atoms with Crippen molar-refractivity contribution in [2.24, 2.45) is 0 Å². The van der Waals surface area contributed by atoms with E-state index in [0.29, 0.717) is 16.5 Å². The average Bonchev–Trinajstić information content (AvgIpc) is 2.84. The van der Waals surface area contributed by atoms with E-state index in [-0.39, 0.29) is 33.0 Å². The van der Waals surface area contributed by atoms with Crippen LogP contribution in [0.15, 0.2) is 88.7 Å². The van der Waals surface area contributed by atoms with Crippen molar-refractivity contribution in [3.8, 4) is 5.75 Å². The fourth-order valence-corrected chi connectivity index (χ4v) is 5.65. The highest BCUT2D eigenvalue weighted by Crippen LogP contribution is 2.39. The maximum absolute atomic E-state index is 14.0. The molecule has 0 fully saturated rings. The van der Waals surface area contributed by atoms with Gasteiger partial charge in [0, 0.05) is 10.8 Å². The highest BCUT2D eigenvalue weighted by Gasteiger charge is 2.30. The van der Waals surface area contributed by atoms with Gasteiger partial charge in [0.25, 0.3) is 5.91 Å². The van der Waals surface area contributed by atoms with E-state index in [1.807, 2.05) is 30.3 Å². The van der Waals surface area contributed by atoms with Gasteiger partial charge in [-0.3, -0.25) is 10.0 Å². The number of hydroxylamine groups is 1. The van der Waals surface area contributed by atoms with Gasteiger partial charge in [0.05, 0.1) is 28.2 Å². The van der Waals surface area contributed by atoms with E-state index in [1.54, 1.807) is 41.9 Å². The van der Waals surface area contributed by atoms with Crippen LogP contribution in [0.5, 0.6) is 5.75 Å². The number of methoxy groups -OCH3 is 1. The molecule has 1 amide bonds. The Morgan fingerprint density at radius 2 is 1.55 bits per heavy atom. The number of hydrogen-bond donors (Lipinski definition) is 3. The molecule has 0 bridgehead atoms. The standard InChI is InChI=1S/C25H22N2O5S/c1-32-17-11-13-18(14-12-17)33(30,31)24-20-10-6-5-9-19(20)23(26)22(25(28)27-29)21(24)15-16-7-3-2-4-8-16/h2-14,29H,15,26H2,1H3,(H,27,28). The fraction of sp³-hybridized carbons (Fsp3) is 0.0800. The van der Waals surface area contributed by atoms with Gasteiger partial charge in [-0.05, 0) is 41.8 Å². The minimum atomic E-state index is -4.10. The van der Waals surface area contributed by atoms with E-state index < -0.39 is 15.7 Å². The van der Waals surface area contributed by atoms with Crippen LogP contribution in [0.2, 0.25) is 0 Å². The van der Waals surface area contributed by atoms with Gasteiger partial charge in [0.1, 0.15) is 5.75 Å². The summed E-state index contributed by atoms with van der Waals surface area (Å²) >= 11 is 0. The van der Waals surface area contributed by atoms with E-state index in [9.17, 15) is 18.4 Å². The minimum Gasteiger partial charge on any atom is -0.497 e. The molecule has 168 valence electrons. The van der Waals surface area contributed by atoms with Crippen molar-refractivity contribution >= 4 is 32.2 Å². The number of ether oxygens (including phenoxy) is 1. The summed E-state index contributed by atoms with van der Waals surface area (Å²) in [6, 6.07) is 21.9. The first-order valence-corrected chi connectivity index (χ1v) is 11.6. The summed E-state index contributed by atoms with van der Waals surface area (Å²) in [6.07, 6.45) is 0.114. The lowest BCUT2D eigenvalue weighted by Crippen LogP contribution is -2.24. The monoisotopic (exact) mass is 462 g/mol. The lowest BCUT2D eigenvalue weighted by atomic mass is 9.93. The van der Waals surface area contributed by atoms with Gasteiger partial charge in [-0.15, -0.1) is 0 Å². The first-order valence-electron chi connectivity index (χ1n) is 10.1. The molecule has 4 rings (SSSR count). The number of fused-ring (bicyclic) bond motifs is 1. The van der Waals surface area contributed by atoms with Crippen LogP contribution in [0.4, 0.5) is 5.69 Å². The third-order valence-electron chi connectivity index (χ3n) is 5.50. The van der Waals surface area contributed by atoms with E-state index in [1.165, 1.54) is 19.2 Å². The summed E-state index contributed by atoms with van der Waals surface area (Å²) in [5.74, 6) is -0.365. The highest BCUT2D eigenvalue weighted by atomic mass is 32.2. The van der Waals surface area contributed by atoms with Gasteiger partial charge in [-0.1, -0.05) is 54.6 Å². The van der Waals surface area contributed by atoms with Crippen molar-refractivity contribution < 1.29 is 23.2 Å². The Hall–Kier alpha value is -3.88. The topological polar surface area (TPSA) is 119 Å². The SMILES string of the molecule is COc1ccc(S(=O)(=O)c2c(Cc3ccccc3)c(C(=O)NO)c(N)c3ccccc23)cc1. The summed E-state index contributed by atoms with van der Waals surface area (Å²) in [7, 11) is -2.60. The van der Waals surface area contributed by atoms with Gasteiger partial charge in [-0.25, -0.2) is 13.9 Å². The average molecular weight is 463 g/mol. The lowest BCUT2D eigenvalue weighted by molar-refractivity contribution is 0.0706. The first-order chi connectivity index (χ1) is 15.9. The molecule has 0 saturated heterocycles. The molecule has 7 nitrogen and oxygen atoms in total. The Labute approximate surface area is 191 Å². The predicted molar refractivity (Wildman–Crippen MR) is 125 cm³/mol. The maximum atomic E-state index is 14.0. The molecule has 4 N–H and O–H groups in total. The Morgan fingerprint density at radius 1 is 0.939 bits per heavy atom. The smallest absolute Gasteiger partial charge is 0.277 e. The number of nitrogen functional groups attached to an aromatic ring is 1. The van der Waals surface area contributed by atoms with Gasteiger partial charge < -0.3 is 10.5 Å². The van der Waals surface area contributed by atoms with E-state index >= 15 is 0 Å². The second-order valence-electron chi connectivity index (χ2n) is 7.42. The number of rotatable bonds is 6. The molecule has 8 heteroatoms. The van der Waals surface area contributed by atoms with Crippen molar-refractivity contribution in [2.45, 2.75) is 16.2 Å². The van der Waals surface area contributed by atoms with Crippen molar-refractivity contribution in [1.29, 1.82) is 0 Å². The van der Waals surface area contributed by atoms with E-state index in [2.05, 4.69) is 0 Å². The second kappa shape index (κ2) is 8.93. The molecular weight excluding hydrogens is 440 g/mol. The molecule has 0 heterocycles. The Kier molecular flexibility index (Phi) is 6.04. The quantitative estimate of drug-likeness (QED) is 0.227. The van der Waals surface area contributed by atoms with E-state index in [4.69, 9.17) is 10.5 Å². The van der Waals surface area contributed by atoms with Crippen LogP contribution in [0.1, 0.15) is 21.5 Å². The van der Waals surface area contributed by atoms with Gasteiger partial charge in [0.2, 0.25) is 9.84 Å². The number of carbonyl (C=O) groups excluding carboxylic acids is 1. The number of amides is 1. The zero-order valence-electron chi connectivity index (χ0n) is 17.8. The zero-order chi connectivity index (χ0) is 23.6. The molecule has 0 aliphatic carbocycles. The molecule has 0 aliphatic rings. The lowest BCUT2D eigenvalue weighted by Gasteiger charge is -2.20. The number of hydrogen-bond acceptors (Lipinski definition) is 6. The van der Waals surface area contributed by atoms with Crippen molar-refractivity contribution in [3.63, 3.8) is 0 Å².